The summed E-state index contributed by atoms with van der Waals surface area (Å²) >= 11 is 0. The fourth-order valence-corrected chi connectivity index (χ4v) is 2.17. The second-order valence-electron chi connectivity index (χ2n) is 7.27. The lowest BCUT2D eigenvalue weighted by molar-refractivity contribution is -0.174. The third-order valence-electron chi connectivity index (χ3n) is 3.54. The number of amides is 1. The number of ether oxygens (including phenoxy) is 1. The molecule has 0 aliphatic carbocycles. The first-order chi connectivity index (χ1) is 12.0. The number of pyridine rings is 1. The first-order valence-corrected chi connectivity index (χ1v) is 8.25. The predicted molar refractivity (Wildman–Crippen MR) is 95.5 cm³/mol. The molecule has 0 fully saturated rings. The molecule has 2 heterocycles. The molecule has 0 aliphatic rings. The van der Waals surface area contributed by atoms with Crippen molar-refractivity contribution in [1.29, 1.82) is 0 Å². The summed E-state index contributed by atoms with van der Waals surface area (Å²) in [5, 5.41) is 12.8. The van der Waals surface area contributed by atoms with Gasteiger partial charge in [-0.1, -0.05) is 0 Å². The lowest BCUT2D eigenvalue weighted by Crippen LogP contribution is -2.49. The Balaban J connectivity index is 2.04. The van der Waals surface area contributed by atoms with Crippen molar-refractivity contribution < 1.29 is 23.8 Å². The van der Waals surface area contributed by atoms with Crippen LogP contribution in [0, 0.1) is 6.92 Å². The molecule has 0 unspecified atom stereocenters. The molecule has 0 spiro atoms. The summed E-state index contributed by atoms with van der Waals surface area (Å²) in [7, 11) is 0. The number of nitrogens with zero attached hydrogens (tertiary/aromatic N) is 1. The lowest BCUT2D eigenvalue weighted by atomic mass is 10.1. The minimum atomic E-state index is -1.83. The van der Waals surface area contributed by atoms with Gasteiger partial charge in [0.05, 0.1) is 24.1 Å². The van der Waals surface area contributed by atoms with Crippen molar-refractivity contribution in [1.82, 2.24) is 10.3 Å². The highest BCUT2D eigenvalue weighted by molar-refractivity contribution is 5.96. The third-order valence-corrected chi connectivity index (χ3v) is 3.54. The molecule has 2 aromatic rings. The van der Waals surface area contributed by atoms with Crippen LogP contribution in [-0.4, -0.2) is 39.7 Å². The molecule has 0 saturated carbocycles. The number of aryl methyl sites for hydroxylation is 1. The number of hydrogen-bond donors (Lipinski definition) is 2. The van der Waals surface area contributed by atoms with Gasteiger partial charge < -0.3 is 19.6 Å². The van der Waals surface area contributed by atoms with Gasteiger partial charge in [0.1, 0.15) is 11.3 Å². The van der Waals surface area contributed by atoms with Gasteiger partial charge in [-0.3, -0.25) is 4.79 Å². The van der Waals surface area contributed by atoms with E-state index in [9.17, 15) is 14.7 Å². The van der Waals surface area contributed by atoms with Gasteiger partial charge in [0, 0.05) is 0 Å². The lowest BCUT2D eigenvalue weighted by Gasteiger charge is -2.27. The minimum Gasteiger partial charge on any atom is -0.463 e. The fraction of sp³-hybridized carbons (Fsp3) is 0.421. The maximum absolute atomic E-state index is 12.4. The van der Waals surface area contributed by atoms with Crippen LogP contribution >= 0.6 is 0 Å². The molecule has 1 amide bonds. The number of nitrogens with one attached hydrogen (secondary N) is 1. The van der Waals surface area contributed by atoms with Crippen LogP contribution < -0.4 is 5.32 Å². The molecule has 0 saturated heterocycles. The average Bonchev–Trinajstić information content (AvgIpc) is 3.05. The Kier molecular flexibility index (Phi) is 5.51. The summed E-state index contributed by atoms with van der Waals surface area (Å²) in [5.41, 5.74) is -1.09. The molecule has 26 heavy (non-hydrogen) atoms. The highest BCUT2D eigenvalue weighted by Gasteiger charge is 2.35. The molecule has 0 radical (unpaired) electrons. The summed E-state index contributed by atoms with van der Waals surface area (Å²) in [6.45, 7) is 7.83. The number of hydrogen-bond acceptors (Lipinski definition) is 6. The summed E-state index contributed by atoms with van der Waals surface area (Å²) < 4.78 is 10.4. The van der Waals surface area contributed by atoms with Crippen molar-refractivity contribution in [3.8, 4) is 11.5 Å². The quantitative estimate of drug-likeness (QED) is 0.794. The maximum Gasteiger partial charge on any atom is 0.340 e. The Morgan fingerprint density at radius 1 is 1.23 bits per heavy atom. The van der Waals surface area contributed by atoms with Gasteiger partial charge >= 0.3 is 5.97 Å². The molecule has 2 N–H and O–H groups in total. The predicted octanol–water partition coefficient (Wildman–Crippen LogP) is 2.47. The number of furan rings is 1. The van der Waals surface area contributed by atoms with E-state index in [-0.39, 0.29) is 6.54 Å². The molecular formula is C19H24N2O5. The van der Waals surface area contributed by atoms with Crippen molar-refractivity contribution in [3.05, 3.63) is 41.8 Å². The fourth-order valence-electron chi connectivity index (χ4n) is 2.17. The van der Waals surface area contributed by atoms with E-state index in [2.05, 4.69) is 10.3 Å². The molecule has 0 aromatic carbocycles. The summed E-state index contributed by atoms with van der Waals surface area (Å²) in [5.74, 6) is -0.633. The van der Waals surface area contributed by atoms with E-state index < -0.39 is 23.1 Å². The largest absolute Gasteiger partial charge is 0.463 e. The molecular weight excluding hydrogens is 336 g/mol. The van der Waals surface area contributed by atoms with Crippen molar-refractivity contribution in [3.63, 3.8) is 0 Å². The van der Waals surface area contributed by atoms with Crippen LogP contribution in [0.5, 0.6) is 0 Å². The smallest absolute Gasteiger partial charge is 0.340 e. The van der Waals surface area contributed by atoms with Gasteiger partial charge in [0.2, 0.25) is 0 Å². The minimum absolute atomic E-state index is 0.278. The summed E-state index contributed by atoms with van der Waals surface area (Å²) in [6, 6.07) is 6.83. The molecule has 2 aromatic heterocycles. The van der Waals surface area contributed by atoms with Gasteiger partial charge in [-0.2, -0.15) is 0 Å². The van der Waals surface area contributed by atoms with Gasteiger partial charge in [-0.25, -0.2) is 9.78 Å². The van der Waals surface area contributed by atoms with Crippen LogP contribution in [0.2, 0.25) is 0 Å². The third kappa shape index (κ3) is 4.92. The Morgan fingerprint density at radius 2 is 1.92 bits per heavy atom. The molecule has 7 nitrogen and oxygen atoms in total. The number of aliphatic hydroxyl groups is 1. The van der Waals surface area contributed by atoms with Crippen LogP contribution in [0.3, 0.4) is 0 Å². The number of aromatic nitrogens is 1. The SMILES string of the molecule is Cc1nc(-c2ccco2)ccc1C(=O)NC[C@](C)(O)C(=O)OC(C)(C)C. The highest BCUT2D eigenvalue weighted by Crippen LogP contribution is 2.19. The summed E-state index contributed by atoms with van der Waals surface area (Å²) in [6.07, 6.45) is 1.55. The Bertz CT molecular complexity index is 789. The standard InChI is InChI=1S/C19H24N2O5/c1-12-13(8-9-14(21-12)15-7-6-10-25-15)16(22)20-11-19(5,24)17(23)26-18(2,3)4/h6-10,24H,11H2,1-5H3,(H,20,22)/t19-/m0/s1. The number of carbonyl (C=O) groups excluding carboxylic acids is 2. The van der Waals surface area contributed by atoms with Crippen LogP contribution in [0.4, 0.5) is 0 Å². The first-order valence-electron chi connectivity index (χ1n) is 8.25. The van der Waals surface area contributed by atoms with Gasteiger partial charge in [0.15, 0.2) is 11.4 Å². The van der Waals surface area contributed by atoms with Crippen molar-refractivity contribution >= 4 is 11.9 Å². The second-order valence-corrected chi connectivity index (χ2v) is 7.27. The van der Waals surface area contributed by atoms with E-state index in [1.807, 2.05) is 0 Å². The molecule has 140 valence electrons. The Morgan fingerprint density at radius 3 is 2.46 bits per heavy atom. The van der Waals surface area contributed by atoms with E-state index in [1.165, 1.54) is 6.92 Å². The van der Waals surface area contributed by atoms with Crippen LogP contribution in [0.1, 0.15) is 43.7 Å². The van der Waals surface area contributed by atoms with Gasteiger partial charge in [-0.15, -0.1) is 0 Å². The number of rotatable bonds is 5. The zero-order valence-electron chi connectivity index (χ0n) is 15.6. The van der Waals surface area contributed by atoms with E-state index in [4.69, 9.17) is 9.15 Å². The topological polar surface area (TPSA) is 102 Å². The van der Waals surface area contributed by atoms with E-state index in [0.29, 0.717) is 22.7 Å². The monoisotopic (exact) mass is 360 g/mol. The molecule has 0 bridgehead atoms. The number of esters is 1. The van der Waals surface area contributed by atoms with Crippen molar-refractivity contribution in [2.75, 3.05) is 6.54 Å². The second kappa shape index (κ2) is 7.29. The van der Waals surface area contributed by atoms with E-state index in [0.717, 1.165) is 0 Å². The molecule has 7 heteroatoms. The Labute approximate surface area is 152 Å². The highest BCUT2D eigenvalue weighted by atomic mass is 16.6. The van der Waals surface area contributed by atoms with E-state index in [1.54, 1.807) is 58.2 Å². The van der Waals surface area contributed by atoms with Gasteiger partial charge in [0.25, 0.3) is 5.91 Å². The maximum atomic E-state index is 12.4. The average molecular weight is 360 g/mol. The van der Waals surface area contributed by atoms with Crippen molar-refractivity contribution in [2.45, 2.75) is 45.8 Å². The molecule has 2 rings (SSSR count). The molecule has 0 aliphatic heterocycles. The number of carbonyl (C=O) groups is 2. The molecule has 1 atom stereocenters. The van der Waals surface area contributed by atoms with Gasteiger partial charge in [-0.05, 0) is 58.9 Å². The van der Waals surface area contributed by atoms with Crippen molar-refractivity contribution in [2.24, 2.45) is 0 Å². The Hall–Kier alpha value is -2.67. The van der Waals surface area contributed by atoms with E-state index >= 15 is 0 Å². The van der Waals surface area contributed by atoms with Crippen LogP contribution in [0.15, 0.2) is 34.9 Å². The zero-order valence-corrected chi connectivity index (χ0v) is 15.6. The zero-order chi connectivity index (χ0) is 19.5. The summed E-state index contributed by atoms with van der Waals surface area (Å²) in [4.78, 5) is 28.8. The van der Waals surface area contributed by atoms with Crippen LogP contribution in [-0.2, 0) is 9.53 Å². The first kappa shape index (κ1) is 19.7. The normalized spacial score (nSPS) is 13.8. The van der Waals surface area contributed by atoms with Crippen LogP contribution in [0.25, 0.3) is 11.5 Å².